The summed E-state index contributed by atoms with van der Waals surface area (Å²) in [5, 5.41) is 3.19. The molecular weight excluding hydrogens is 350 g/mol. The highest BCUT2D eigenvalue weighted by Gasteiger charge is 2.30. The Morgan fingerprint density at radius 3 is 2.38 bits per heavy atom. The van der Waals surface area contributed by atoms with Crippen molar-refractivity contribution in [2.24, 2.45) is 0 Å². The standard InChI is InChI=1S/C15H25N3O4S2/c1-4-17(5-2)23(19,20)14-7-6-8-15(11-14)24(21,22)18-10-9-16-13(3)12-18/h6-8,11,13,16H,4-5,9-10,12H2,1-3H3. The van der Waals surface area contributed by atoms with Gasteiger partial charge in [0.2, 0.25) is 20.0 Å². The average Bonchev–Trinajstić information content (AvgIpc) is 2.56. The van der Waals surface area contributed by atoms with Crippen molar-refractivity contribution in [1.82, 2.24) is 13.9 Å². The molecule has 9 heteroatoms. The van der Waals surface area contributed by atoms with Gasteiger partial charge in [0, 0.05) is 38.8 Å². The van der Waals surface area contributed by atoms with E-state index in [0.29, 0.717) is 32.7 Å². The molecule has 0 saturated carbocycles. The molecule has 0 aliphatic carbocycles. The van der Waals surface area contributed by atoms with Crippen LogP contribution in [0.4, 0.5) is 0 Å². The second kappa shape index (κ2) is 7.49. The lowest BCUT2D eigenvalue weighted by Gasteiger charge is -2.31. The van der Waals surface area contributed by atoms with E-state index in [1.54, 1.807) is 13.8 Å². The molecule has 1 unspecified atom stereocenters. The van der Waals surface area contributed by atoms with E-state index >= 15 is 0 Å². The normalized spacial score (nSPS) is 20.4. The maximum atomic E-state index is 12.8. The molecule has 0 radical (unpaired) electrons. The molecule has 0 amide bonds. The zero-order valence-electron chi connectivity index (χ0n) is 14.3. The van der Waals surface area contributed by atoms with Crippen molar-refractivity contribution in [3.8, 4) is 0 Å². The van der Waals surface area contributed by atoms with Crippen molar-refractivity contribution in [3.63, 3.8) is 0 Å². The first-order chi connectivity index (χ1) is 11.2. The van der Waals surface area contributed by atoms with Gasteiger partial charge < -0.3 is 5.32 Å². The molecule has 1 aliphatic heterocycles. The SMILES string of the molecule is CCN(CC)S(=O)(=O)c1cccc(S(=O)(=O)N2CCNC(C)C2)c1. The number of nitrogens with zero attached hydrogens (tertiary/aromatic N) is 2. The van der Waals surface area contributed by atoms with Crippen molar-refractivity contribution in [2.45, 2.75) is 36.6 Å². The van der Waals surface area contributed by atoms with Crippen LogP contribution in [0.25, 0.3) is 0 Å². The highest BCUT2D eigenvalue weighted by molar-refractivity contribution is 7.90. The summed E-state index contributed by atoms with van der Waals surface area (Å²) < 4.78 is 53.6. The van der Waals surface area contributed by atoms with Gasteiger partial charge in [-0.1, -0.05) is 19.9 Å². The van der Waals surface area contributed by atoms with E-state index < -0.39 is 20.0 Å². The van der Waals surface area contributed by atoms with Crippen LogP contribution in [-0.2, 0) is 20.0 Å². The molecule has 0 bridgehead atoms. The van der Waals surface area contributed by atoms with Crippen LogP contribution in [-0.4, -0.2) is 64.2 Å². The van der Waals surface area contributed by atoms with E-state index in [2.05, 4.69) is 5.32 Å². The molecule has 0 aromatic heterocycles. The molecule has 1 atom stereocenters. The van der Waals surface area contributed by atoms with Crippen LogP contribution in [0.5, 0.6) is 0 Å². The summed E-state index contributed by atoms with van der Waals surface area (Å²) in [6.45, 7) is 7.43. The van der Waals surface area contributed by atoms with Crippen molar-refractivity contribution in [3.05, 3.63) is 24.3 Å². The van der Waals surface area contributed by atoms with Crippen LogP contribution in [0, 0.1) is 0 Å². The third-order valence-corrected chi connectivity index (χ3v) is 8.02. The predicted molar refractivity (Wildman–Crippen MR) is 92.8 cm³/mol. The summed E-state index contributed by atoms with van der Waals surface area (Å²) in [6.07, 6.45) is 0. The molecule has 136 valence electrons. The van der Waals surface area contributed by atoms with Crippen LogP contribution >= 0.6 is 0 Å². The molecule has 1 saturated heterocycles. The minimum atomic E-state index is -3.71. The van der Waals surface area contributed by atoms with Gasteiger partial charge in [-0.2, -0.15) is 8.61 Å². The summed E-state index contributed by atoms with van der Waals surface area (Å²) in [7, 11) is -7.39. The van der Waals surface area contributed by atoms with Crippen LogP contribution < -0.4 is 5.32 Å². The minimum absolute atomic E-state index is 0.00968. The summed E-state index contributed by atoms with van der Waals surface area (Å²) in [5.74, 6) is 0. The predicted octanol–water partition coefficient (Wildman–Crippen LogP) is 0.700. The lowest BCUT2D eigenvalue weighted by Crippen LogP contribution is -2.51. The molecule has 1 aromatic carbocycles. The molecule has 1 aliphatic rings. The third kappa shape index (κ3) is 3.80. The molecule has 1 heterocycles. The molecule has 1 aromatic rings. The second-order valence-electron chi connectivity index (χ2n) is 5.78. The largest absolute Gasteiger partial charge is 0.312 e. The lowest BCUT2D eigenvalue weighted by molar-refractivity contribution is 0.310. The van der Waals surface area contributed by atoms with Gasteiger partial charge in [0.05, 0.1) is 9.79 Å². The minimum Gasteiger partial charge on any atom is -0.312 e. The summed E-state index contributed by atoms with van der Waals surface area (Å²) in [4.78, 5) is 0.0280. The topological polar surface area (TPSA) is 86.8 Å². The van der Waals surface area contributed by atoms with Crippen LogP contribution in [0.3, 0.4) is 0 Å². The second-order valence-corrected chi connectivity index (χ2v) is 9.66. The van der Waals surface area contributed by atoms with Gasteiger partial charge in [0.15, 0.2) is 0 Å². The van der Waals surface area contributed by atoms with Crippen LogP contribution in [0.1, 0.15) is 20.8 Å². The molecule has 1 N–H and O–H groups in total. The Kier molecular flexibility index (Phi) is 6.03. The zero-order valence-corrected chi connectivity index (χ0v) is 15.9. The van der Waals surface area contributed by atoms with Gasteiger partial charge in [-0.25, -0.2) is 16.8 Å². The van der Waals surface area contributed by atoms with Crippen LogP contribution in [0.2, 0.25) is 0 Å². The van der Waals surface area contributed by atoms with Crippen molar-refractivity contribution in [1.29, 1.82) is 0 Å². The number of rotatable bonds is 6. The van der Waals surface area contributed by atoms with E-state index in [9.17, 15) is 16.8 Å². The van der Waals surface area contributed by atoms with Gasteiger partial charge in [-0.05, 0) is 25.1 Å². The number of nitrogens with one attached hydrogen (secondary N) is 1. The van der Waals surface area contributed by atoms with Gasteiger partial charge >= 0.3 is 0 Å². The third-order valence-electron chi connectivity index (χ3n) is 4.12. The number of hydrogen-bond acceptors (Lipinski definition) is 5. The highest BCUT2D eigenvalue weighted by Crippen LogP contribution is 2.22. The van der Waals surface area contributed by atoms with Gasteiger partial charge in [-0.3, -0.25) is 0 Å². The first kappa shape index (κ1) is 19.3. The quantitative estimate of drug-likeness (QED) is 0.791. The van der Waals surface area contributed by atoms with Gasteiger partial charge in [0.25, 0.3) is 0 Å². The smallest absolute Gasteiger partial charge is 0.243 e. The zero-order chi connectivity index (χ0) is 18.0. The molecule has 7 nitrogen and oxygen atoms in total. The fourth-order valence-electron chi connectivity index (χ4n) is 2.77. The molecule has 1 fully saturated rings. The number of piperazine rings is 1. The van der Waals surface area contributed by atoms with Crippen molar-refractivity contribution < 1.29 is 16.8 Å². The monoisotopic (exact) mass is 375 g/mol. The summed E-state index contributed by atoms with van der Waals surface area (Å²) >= 11 is 0. The van der Waals surface area contributed by atoms with E-state index in [4.69, 9.17) is 0 Å². The van der Waals surface area contributed by atoms with Crippen molar-refractivity contribution in [2.75, 3.05) is 32.7 Å². The Balaban J connectivity index is 2.40. The average molecular weight is 376 g/mol. The Labute approximate surface area is 144 Å². The molecule has 0 spiro atoms. The maximum Gasteiger partial charge on any atom is 0.243 e. The Morgan fingerprint density at radius 1 is 1.17 bits per heavy atom. The Morgan fingerprint density at radius 2 is 1.79 bits per heavy atom. The highest BCUT2D eigenvalue weighted by atomic mass is 32.2. The van der Waals surface area contributed by atoms with E-state index in [-0.39, 0.29) is 15.8 Å². The molecule has 24 heavy (non-hydrogen) atoms. The first-order valence-electron chi connectivity index (χ1n) is 8.07. The lowest BCUT2D eigenvalue weighted by atomic mass is 10.3. The summed E-state index contributed by atoms with van der Waals surface area (Å²) in [6, 6.07) is 5.69. The number of sulfonamides is 2. The van der Waals surface area contributed by atoms with Crippen LogP contribution in [0.15, 0.2) is 34.1 Å². The van der Waals surface area contributed by atoms with E-state index in [0.717, 1.165) is 0 Å². The Hall–Kier alpha value is -1.00. The first-order valence-corrected chi connectivity index (χ1v) is 10.9. The van der Waals surface area contributed by atoms with Gasteiger partial charge in [-0.15, -0.1) is 0 Å². The number of hydrogen-bond donors (Lipinski definition) is 1. The van der Waals surface area contributed by atoms with Crippen molar-refractivity contribution >= 4 is 20.0 Å². The molecule has 2 rings (SSSR count). The van der Waals surface area contributed by atoms with E-state index in [1.165, 1.54) is 32.9 Å². The fourth-order valence-corrected chi connectivity index (χ4v) is 5.93. The van der Waals surface area contributed by atoms with Gasteiger partial charge in [0.1, 0.15) is 0 Å². The number of benzene rings is 1. The Bertz CT molecular complexity index is 774. The maximum absolute atomic E-state index is 12.8. The summed E-state index contributed by atoms with van der Waals surface area (Å²) in [5.41, 5.74) is 0. The fraction of sp³-hybridized carbons (Fsp3) is 0.600. The molecular formula is C15H25N3O4S2. The van der Waals surface area contributed by atoms with E-state index in [1.807, 2.05) is 6.92 Å².